The molecule has 0 radical (unpaired) electrons. The lowest BCUT2D eigenvalue weighted by Crippen LogP contribution is -2.38. The lowest BCUT2D eigenvalue weighted by atomic mass is 10.1. The molecule has 1 saturated heterocycles. The summed E-state index contributed by atoms with van der Waals surface area (Å²) in [5.41, 5.74) is 6.34. The predicted molar refractivity (Wildman–Crippen MR) is 64.4 cm³/mol. The third-order valence-electron chi connectivity index (χ3n) is 3.31. The summed E-state index contributed by atoms with van der Waals surface area (Å²) in [6, 6.07) is 0. The van der Waals surface area contributed by atoms with Gasteiger partial charge in [0.25, 0.3) is 0 Å². The van der Waals surface area contributed by atoms with E-state index in [4.69, 9.17) is 10.5 Å². The van der Waals surface area contributed by atoms with Crippen LogP contribution in [0.25, 0.3) is 0 Å². The molecule has 2 rings (SSSR count). The SMILES string of the molecule is COC1CCN(CCn2cc(CN)nn2)CC1. The monoisotopic (exact) mass is 239 g/mol. The molecular formula is C11H21N5O. The summed E-state index contributed by atoms with van der Waals surface area (Å²) < 4.78 is 7.22. The van der Waals surface area contributed by atoms with Gasteiger partial charge in [-0.3, -0.25) is 4.68 Å². The van der Waals surface area contributed by atoms with Gasteiger partial charge in [0.2, 0.25) is 0 Å². The molecule has 0 bridgehead atoms. The fourth-order valence-corrected chi connectivity index (χ4v) is 2.15. The Bertz CT molecular complexity index is 332. The van der Waals surface area contributed by atoms with E-state index in [9.17, 15) is 0 Å². The van der Waals surface area contributed by atoms with Crippen molar-refractivity contribution < 1.29 is 4.74 Å². The van der Waals surface area contributed by atoms with Gasteiger partial charge in [0.05, 0.1) is 18.3 Å². The summed E-state index contributed by atoms with van der Waals surface area (Å²) in [4.78, 5) is 2.44. The number of hydrogen-bond donors (Lipinski definition) is 1. The molecule has 0 aromatic carbocycles. The van der Waals surface area contributed by atoms with E-state index in [1.807, 2.05) is 10.9 Å². The van der Waals surface area contributed by atoms with Crippen LogP contribution in [0.5, 0.6) is 0 Å². The van der Waals surface area contributed by atoms with Crippen LogP contribution in [0.15, 0.2) is 6.20 Å². The van der Waals surface area contributed by atoms with Crippen molar-refractivity contribution >= 4 is 0 Å². The minimum absolute atomic E-state index is 0.446. The predicted octanol–water partition coefficient (Wildman–Crippen LogP) is -0.152. The zero-order valence-electron chi connectivity index (χ0n) is 10.4. The van der Waals surface area contributed by atoms with Crippen molar-refractivity contribution in [1.82, 2.24) is 19.9 Å². The molecule has 0 atom stereocenters. The van der Waals surface area contributed by atoms with Crippen LogP contribution < -0.4 is 5.73 Å². The molecule has 0 unspecified atom stereocenters. The summed E-state index contributed by atoms with van der Waals surface area (Å²) in [5, 5.41) is 8.01. The van der Waals surface area contributed by atoms with E-state index >= 15 is 0 Å². The first kappa shape index (κ1) is 12.5. The van der Waals surface area contributed by atoms with Crippen LogP contribution in [0.2, 0.25) is 0 Å². The highest BCUT2D eigenvalue weighted by molar-refractivity contribution is 4.90. The Morgan fingerprint density at radius 2 is 2.18 bits per heavy atom. The molecule has 2 heterocycles. The van der Waals surface area contributed by atoms with Crippen molar-refractivity contribution in [1.29, 1.82) is 0 Å². The number of nitrogens with two attached hydrogens (primary N) is 1. The zero-order valence-corrected chi connectivity index (χ0v) is 10.4. The maximum Gasteiger partial charge on any atom is 0.0962 e. The van der Waals surface area contributed by atoms with Crippen molar-refractivity contribution in [3.63, 3.8) is 0 Å². The third kappa shape index (κ3) is 3.49. The van der Waals surface area contributed by atoms with E-state index < -0.39 is 0 Å². The van der Waals surface area contributed by atoms with Gasteiger partial charge >= 0.3 is 0 Å². The van der Waals surface area contributed by atoms with Crippen LogP contribution in [0, 0.1) is 0 Å². The molecule has 6 nitrogen and oxygen atoms in total. The van der Waals surface area contributed by atoms with Gasteiger partial charge in [0, 0.05) is 39.5 Å². The van der Waals surface area contributed by atoms with E-state index in [1.165, 1.54) is 0 Å². The molecule has 1 aliphatic rings. The van der Waals surface area contributed by atoms with E-state index in [0.29, 0.717) is 12.6 Å². The van der Waals surface area contributed by atoms with Crippen LogP contribution in [-0.2, 0) is 17.8 Å². The fraction of sp³-hybridized carbons (Fsp3) is 0.818. The van der Waals surface area contributed by atoms with E-state index in [0.717, 1.165) is 44.7 Å². The molecule has 0 spiro atoms. The van der Waals surface area contributed by atoms with Crippen molar-refractivity contribution in [2.75, 3.05) is 26.7 Å². The second-order valence-corrected chi connectivity index (χ2v) is 4.45. The second kappa shape index (κ2) is 6.09. The summed E-state index contributed by atoms with van der Waals surface area (Å²) in [5.74, 6) is 0. The Labute approximate surface area is 102 Å². The van der Waals surface area contributed by atoms with Gasteiger partial charge in [0.15, 0.2) is 0 Å². The van der Waals surface area contributed by atoms with Crippen LogP contribution in [0.4, 0.5) is 0 Å². The van der Waals surface area contributed by atoms with E-state index in [1.54, 1.807) is 7.11 Å². The average Bonchev–Trinajstić information content (AvgIpc) is 2.85. The van der Waals surface area contributed by atoms with Crippen molar-refractivity contribution in [3.8, 4) is 0 Å². The van der Waals surface area contributed by atoms with Crippen LogP contribution in [0.3, 0.4) is 0 Å². The van der Waals surface area contributed by atoms with Crippen molar-refractivity contribution in [2.45, 2.75) is 32.0 Å². The Hall–Kier alpha value is -0.980. The quantitative estimate of drug-likeness (QED) is 0.773. The minimum atomic E-state index is 0.446. The summed E-state index contributed by atoms with van der Waals surface area (Å²) in [7, 11) is 1.80. The molecule has 17 heavy (non-hydrogen) atoms. The fourth-order valence-electron chi connectivity index (χ4n) is 2.15. The normalized spacial score (nSPS) is 18.7. The second-order valence-electron chi connectivity index (χ2n) is 4.45. The van der Waals surface area contributed by atoms with Gasteiger partial charge in [0.1, 0.15) is 0 Å². The van der Waals surface area contributed by atoms with Crippen LogP contribution in [0.1, 0.15) is 18.5 Å². The van der Waals surface area contributed by atoms with Crippen molar-refractivity contribution in [2.24, 2.45) is 5.73 Å². The smallest absolute Gasteiger partial charge is 0.0962 e. The number of rotatable bonds is 5. The molecule has 96 valence electrons. The van der Waals surface area contributed by atoms with Crippen molar-refractivity contribution in [3.05, 3.63) is 11.9 Å². The summed E-state index contributed by atoms with van der Waals surface area (Å²) in [6.45, 7) is 4.57. The van der Waals surface area contributed by atoms with Gasteiger partial charge in [-0.1, -0.05) is 5.21 Å². The number of nitrogens with zero attached hydrogens (tertiary/aromatic N) is 4. The van der Waals surface area contributed by atoms with Gasteiger partial charge < -0.3 is 15.4 Å². The molecule has 1 aliphatic heterocycles. The van der Waals surface area contributed by atoms with E-state index in [2.05, 4.69) is 15.2 Å². The zero-order chi connectivity index (χ0) is 12.1. The number of aromatic nitrogens is 3. The average molecular weight is 239 g/mol. The topological polar surface area (TPSA) is 69.2 Å². The molecule has 1 aromatic rings. The number of piperidine rings is 1. The molecule has 6 heteroatoms. The van der Waals surface area contributed by atoms with E-state index in [-0.39, 0.29) is 0 Å². The maximum absolute atomic E-state index is 5.49. The van der Waals surface area contributed by atoms with Gasteiger partial charge in [-0.2, -0.15) is 0 Å². The highest BCUT2D eigenvalue weighted by atomic mass is 16.5. The molecular weight excluding hydrogens is 218 g/mol. The van der Waals surface area contributed by atoms with Gasteiger partial charge in [-0.25, -0.2) is 0 Å². The van der Waals surface area contributed by atoms with Crippen LogP contribution in [-0.4, -0.2) is 52.7 Å². The maximum atomic E-state index is 5.49. The molecule has 2 N–H and O–H groups in total. The number of likely N-dealkylation sites (tertiary alicyclic amines) is 1. The standard InChI is InChI=1S/C11H21N5O/c1-17-11-2-4-15(5-3-11)6-7-16-9-10(8-12)13-14-16/h9,11H,2-8,12H2,1H3. The number of ether oxygens (including phenoxy) is 1. The molecule has 1 aromatic heterocycles. The first-order valence-electron chi connectivity index (χ1n) is 6.16. The molecule has 0 amide bonds. The number of hydrogen-bond acceptors (Lipinski definition) is 5. The first-order chi connectivity index (χ1) is 8.31. The van der Waals surface area contributed by atoms with Gasteiger partial charge in [-0.05, 0) is 12.8 Å². The molecule has 1 fully saturated rings. The summed E-state index contributed by atoms with van der Waals surface area (Å²) >= 11 is 0. The molecule has 0 aliphatic carbocycles. The Morgan fingerprint density at radius 1 is 1.41 bits per heavy atom. The lowest BCUT2D eigenvalue weighted by Gasteiger charge is -2.30. The highest BCUT2D eigenvalue weighted by Crippen LogP contribution is 2.12. The summed E-state index contributed by atoms with van der Waals surface area (Å²) in [6.07, 6.45) is 4.62. The lowest BCUT2D eigenvalue weighted by molar-refractivity contribution is 0.0399. The van der Waals surface area contributed by atoms with Crippen LogP contribution >= 0.6 is 0 Å². The third-order valence-corrected chi connectivity index (χ3v) is 3.31. The Balaban J connectivity index is 1.72. The number of methoxy groups -OCH3 is 1. The Kier molecular flexibility index (Phi) is 4.47. The van der Waals surface area contributed by atoms with Gasteiger partial charge in [-0.15, -0.1) is 5.10 Å². The minimum Gasteiger partial charge on any atom is -0.381 e. The highest BCUT2D eigenvalue weighted by Gasteiger charge is 2.18. The molecule has 0 saturated carbocycles. The largest absolute Gasteiger partial charge is 0.381 e. The Morgan fingerprint density at radius 3 is 2.76 bits per heavy atom. The first-order valence-corrected chi connectivity index (χ1v) is 6.16.